The number of nitrogens with zero attached hydrogens (tertiary/aromatic N) is 3. The summed E-state index contributed by atoms with van der Waals surface area (Å²) in [4.78, 5) is 7.86. The predicted octanol–water partition coefficient (Wildman–Crippen LogP) is 0.809. The first kappa shape index (κ1) is 15.4. The van der Waals surface area contributed by atoms with E-state index in [1.807, 2.05) is 6.92 Å². The maximum atomic E-state index is 12.5. The van der Waals surface area contributed by atoms with Gasteiger partial charge >= 0.3 is 0 Å². The van der Waals surface area contributed by atoms with Gasteiger partial charge in [0.2, 0.25) is 5.95 Å². The van der Waals surface area contributed by atoms with Crippen LogP contribution < -0.4 is 10.0 Å². The minimum Gasteiger partial charge on any atom is -0.311 e. The number of rotatable bonds is 7. The molecule has 0 atom stereocenters. The number of nitrogens with one attached hydrogen (secondary N) is 3. The fourth-order valence-electron chi connectivity index (χ4n) is 1.85. The average molecular weight is 310 g/mol. The molecule has 0 saturated carbocycles. The molecule has 0 aliphatic carbocycles. The summed E-state index contributed by atoms with van der Waals surface area (Å²) in [5.74, 6) is 0.0329. The average Bonchev–Trinajstić information content (AvgIpc) is 2.82. The van der Waals surface area contributed by atoms with Gasteiger partial charge in [-0.15, -0.1) is 0 Å². The first-order chi connectivity index (χ1) is 10.0. The number of H-pyrrole nitrogens is 1. The predicted molar refractivity (Wildman–Crippen MR) is 78.2 cm³/mol. The highest BCUT2D eigenvalue weighted by Gasteiger charge is 2.24. The monoisotopic (exact) mass is 310 g/mol. The third-order valence-electron chi connectivity index (χ3n) is 2.74. The molecule has 0 aliphatic heterocycles. The van der Waals surface area contributed by atoms with Gasteiger partial charge in [0.05, 0.1) is 11.4 Å². The van der Waals surface area contributed by atoms with Gasteiger partial charge in [0, 0.05) is 18.9 Å². The molecule has 0 unspecified atom stereocenters. The van der Waals surface area contributed by atoms with Crippen LogP contribution in [0, 0.1) is 6.92 Å². The maximum Gasteiger partial charge on any atom is 0.267 e. The number of aromatic nitrogens is 4. The topological polar surface area (TPSA) is 113 Å². The highest BCUT2D eigenvalue weighted by atomic mass is 32.2. The van der Waals surface area contributed by atoms with Gasteiger partial charge in [-0.1, -0.05) is 6.92 Å². The fraction of sp³-hybridized carbons (Fsp3) is 0.417. The Labute approximate surface area is 123 Å². The first-order valence-electron chi connectivity index (χ1n) is 6.59. The lowest BCUT2D eigenvalue weighted by Gasteiger charge is -2.08. The Morgan fingerprint density at radius 2 is 2.00 bits per heavy atom. The Bertz CT molecular complexity index is 683. The normalized spacial score (nSPS) is 11.5. The molecule has 0 radical (unpaired) electrons. The largest absolute Gasteiger partial charge is 0.311 e. The zero-order chi connectivity index (χ0) is 15.3. The summed E-state index contributed by atoms with van der Waals surface area (Å²) in [6, 6.07) is 1.61. The van der Waals surface area contributed by atoms with Gasteiger partial charge in [-0.25, -0.2) is 23.1 Å². The Morgan fingerprint density at radius 1 is 1.29 bits per heavy atom. The van der Waals surface area contributed by atoms with Crippen LogP contribution in [0.4, 0.5) is 5.95 Å². The SMILES string of the molecule is CCCNCc1n[nH]c(C)c1S(=O)(=O)Nc1ncccn1. The molecule has 2 aromatic rings. The lowest BCUT2D eigenvalue weighted by molar-refractivity contribution is 0.596. The van der Waals surface area contributed by atoms with E-state index >= 15 is 0 Å². The molecule has 9 heteroatoms. The molecule has 0 bridgehead atoms. The lowest BCUT2D eigenvalue weighted by atomic mass is 10.3. The second kappa shape index (κ2) is 6.64. The van der Waals surface area contributed by atoms with Crippen molar-refractivity contribution < 1.29 is 8.42 Å². The van der Waals surface area contributed by atoms with Gasteiger partial charge in [0.25, 0.3) is 10.0 Å². The molecule has 2 heterocycles. The van der Waals surface area contributed by atoms with Gasteiger partial charge in [0.1, 0.15) is 4.90 Å². The smallest absolute Gasteiger partial charge is 0.267 e. The fourth-order valence-corrected chi connectivity index (χ4v) is 3.18. The van der Waals surface area contributed by atoms with Gasteiger partial charge in [-0.2, -0.15) is 5.10 Å². The molecule has 2 rings (SSSR count). The standard InChI is InChI=1S/C12H18N6O2S/c1-3-5-13-8-10-11(9(2)16-17-10)21(19,20)18-12-14-6-4-7-15-12/h4,6-7,13H,3,5,8H2,1-2H3,(H,16,17)(H,14,15,18). The quantitative estimate of drug-likeness (QED) is 0.652. The van der Waals surface area contributed by atoms with Crippen molar-refractivity contribution in [2.45, 2.75) is 31.7 Å². The van der Waals surface area contributed by atoms with E-state index in [2.05, 4.69) is 30.2 Å². The number of aromatic amines is 1. The molecule has 3 N–H and O–H groups in total. The van der Waals surface area contributed by atoms with Gasteiger partial charge < -0.3 is 5.32 Å². The third kappa shape index (κ3) is 3.76. The van der Waals surface area contributed by atoms with Gasteiger partial charge in [-0.05, 0) is 26.0 Å². The summed E-state index contributed by atoms with van der Waals surface area (Å²) in [6.45, 7) is 4.87. The first-order valence-corrected chi connectivity index (χ1v) is 8.07. The summed E-state index contributed by atoms with van der Waals surface area (Å²) >= 11 is 0. The van der Waals surface area contributed by atoms with Crippen molar-refractivity contribution in [2.24, 2.45) is 0 Å². The van der Waals surface area contributed by atoms with Crippen molar-refractivity contribution in [3.63, 3.8) is 0 Å². The van der Waals surface area contributed by atoms with Crippen molar-refractivity contribution in [3.8, 4) is 0 Å². The summed E-state index contributed by atoms with van der Waals surface area (Å²) in [7, 11) is -3.78. The van der Waals surface area contributed by atoms with Crippen LogP contribution >= 0.6 is 0 Å². The second-order valence-corrected chi connectivity index (χ2v) is 6.10. The Hall–Kier alpha value is -2.00. The van der Waals surface area contributed by atoms with E-state index < -0.39 is 10.0 Å². The third-order valence-corrected chi connectivity index (χ3v) is 4.27. The van der Waals surface area contributed by atoms with Crippen LogP contribution in [0.2, 0.25) is 0 Å². The van der Waals surface area contributed by atoms with E-state index in [-0.39, 0.29) is 10.8 Å². The number of aryl methyl sites for hydroxylation is 1. The van der Waals surface area contributed by atoms with Crippen LogP contribution in [0.1, 0.15) is 24.7 Å². The zero-order valence-corrected chi connectivity index (χ0v) is 12.7. The molecule has 8 nitrogen and oxygen atoms in total. The van der Waals surface area contributed by atoms with Crippen molar-refractivity contribution in [1.82, 2.24) is 25.5 Å². The molecule has 2 aromatic heterocycles. The van der Waals surface area contributed by atoms with Crippen LogP contribution in [0.15, 0.2) is 23.4 Å². The van der Waals surface area contributed by atoms with E-state index in [4.69, 9.17) is 0 Å². The van der Waals surface area contributed by atoms with Crippen LogP contribution in [0.25, 0.3) is 0 Å². The van der Waals surface area contributed by atoms with Crippen molar-refractivity contribution in [1.29, 1.82) is 0 Å². The van der Waals surface area contributed by atoms with E-state index in [1.165, 1.54) is 12.4 Å². The molecule has 0 fully saturated rings. The van der Waals surface area contributed by atoms with E-state index in [0.717, 1.165) is 13.0 Å². The highest BCUT2D eigenvalue weighted by molar-refractivity contribution is 7.92. The number of anilines is 1. The van der Waals surface area contributed by atoms with E-state index in [0.29, 0.717) is 17.9 Å². The second-order valence-electron chi connectivity index (χ2n) is 4.48. The summed E-state index contributed by atoms with van der Waals surface area (Å²) in [5, 5.41) is 9.89. The molecule has 0 aliphatic rings. The lowest BCUT2D eigenvalue weighted by Crippen LogP contribution is -2.20. The van der Waals surface area contributed by atoms with Crippen LogP contribution in [0.5, 0.6) is 0 Å². The van der Waals surface area contributed by atoms with E-state index in [1.54, 1.807) is 13.0 Å². The maximum absolute atomic E-state index is 12.5. The van der Waals surface area contributed by atoms with Crippen molar-refractivity contribution >= 4 is 16.0 Å². The Balaban J connectivity index is 2.25. The Kier molecular flexibility index (Phi) is 4.86. The summed E-state index contributed by atoms with van der Waals surface area (Å²) < 4.78 is 27.3. The Morgan fingerprint density at radius 3 is 2.67 bits per heavy atom. The minimum atomic E-state index is -3.78. The van der Waals surface area contributed by atoms with Crippen LogP contribution in [-0.4, -0.2) is 35.1 Å². The van der Waals surface area contributed by atoms with Gasteiger partial charge in [-0.3, -0.25) is 5.10 Å². The minimum absolute atomic E-state index is 0.0329. The molecular formula is C12H18N6O2S. The molecular weight excluding hydrogens is 292 g/mol. The number of sulfonamides is 1. The van der Waals surface area contributed by atoms with Gasteiger partial charge in [0.15, 0.2) is 0 Å². The molecule has 0 amide bonds. The molecule has 0 spiro atoms. The molecule has 21 heavy (non-hydrogen) atoms. The van der Waals surface area contributed by atoms with Crippen LogP contribution in [-0.2, 0) is 16.6 Å². The molecule has 0 aromatic carbocycles. The number of hydrogen-bond acceptors (Lipinski definition) is 6. The van der Waals surface area contributed by atoms with E-state index in [9.17, 15) is 8.42 Å². The highest BCUT2D eigenvalue weighted by Crippen LogP contribution is 2.19. The zero-order valence-electron chi connectivity index (χ0n) is 11.9. The van der Waals surface area contributed by atoms with Crippen molar-refractivity contribution in [2.75, 3.05) is 11.3 Å². The van der Waals surface area contributed by atoms with Crippen molar-refractivity contribution in [3.05, 3.63) is 29.8 Å². The molecule has 114 valence electrons. The molecule has 0 saturated heterocycles. The summed E-state index contributed by atoms with van der Waals surface area (Å²) in [5.41, 5.74) is 0.927. The number of hydrogen-bond donors (Lipinski definition) is 3. The van der Waals surface area contributed by atoms with Crippen LogP contribution in [0.3, 0.4) is 0 Å². The summed E-state index contributed by atoms with van der Waals surface area (Å²) in [6.07, 6.45) is 3.90.